The number of amides is 1. The Morgan fingerprint density at radius 2 is 2.04 bits per heavy atom. The van der Waals surface area contributed by atoms with Gasteiger partial charge in [0.15, 0.2) is 5.96 Å². The molecule has 1 aliphatic heterocycles. The molecule has 2 rings (SSSR count). The summed E-state index contributed by atoms with van der Waals surface area (Å²) in [5, 5.41) is 3.31. The van der Waals surface area contributed by atoms with Crippen LogP contribution in [0.25, 0.3) is 0 Å². The molecular weight excluding hydrogens is 292 g/mol. The lowest BCUT2D eigenvalue weighted by molar-refractivity contribution is 0.0963. The highest BCUT2D eigenvalue weighted by atomic mass is 16.6. The van der Waals surface area contributed by atoms with Crippen LogP contribution in [0.3, 0.4) is 0 Å². The van der Waals surface area contributed by atoms with Crippen molar-refractivity contribution in [3.8, 4) is 0 Å². The molecule has 0 aromatic carbocycles. The first-order valence-corrected chi connectivity index (χ1v) is 9.06. The largest absolute Gasteiger partial charge is 0.450 e. The van der Waals surface area contributed by atoms with Gasteiger partial charge < -0.3 is 20.7 Å². The van der Waals surface area contributed by atoms with Crippen LogP contribution in [0.4, 0.5) is 4.79 Å². The molecule has 2 unspecified atom stereocenters. The van der Waals surface area contributed by atoms with Gasteiger partial charge in [-0.1, -0.05) is 19.8 Å². The number of aliphatic imine (C=N–C) groups is 1. The number of likely N-dealkylation sites (tertiary alicyclic amines) is 1. The van der Waals surface area contributed by atoms with Crippen molar-refractivity contribution in [1.82, 2.24) is 10.2 Å². The molecular formula is C17H32N4O2. The second-order valence-electron chi connectivity index (χ2n) is 6.97. The van der Waals surface area contributed by atoms with E-state index in [0.29, 0.717) is 37.6 Å². The number of carbonyl (C=O) groups excluding carboxylic acids is 1. The van der Waals surface area contributed by atoms with Crippen LogP contribution in [0.5, 0.6) is 0 Å². The van der Waals surface area contributed by atoms with Crippen LogP contribution >= 0.6 is 0 Å². The number of hydrogen-bond acceptors (Lipinski definition) is 3. The van der Waals surface area contributed by atoms with Gasteiger partial charge in [0.25, 0.3) is 0 Å². The van der Waals surface area contributed by atoms with E-state index >= 15 is 0 Å². The van der Waals surface area contributed by atoms with Crippen molar-refractivity contribution in [3.05, 3.63) is 0 Å². The summed E-state index contributed by atoms with van der Waals surface area (Å²) in [6.45, 7) is 6.85. The van der Waals surface area contributed by atoms with Crippen LogP contribution in [0.15, 0.2) is 4.99 Å². The molecule has 1 saturated carbocycles. The quantitative estimate of drug-likeness (QED) is 0.614. The Morgan fingerprint density at radius 3 is 2.70 bits per heavy atom. The minimum atomic E-state index is -0.209. The van der Waals surface area contributed by atoms with E-state index in [0.717, 1.165) is 25.3 Å². The third-order valence-corrected chi connectivity index (χ3v) is 4.94. The van der Waals surface area contributed by atoms with Crippen LogP contribution < -0.4 is 11.1 Å². The van der Waals surface area contributed by atoms with Crippen molar-refractivity contribution in [2.75, 3.05) is 26.2 Å². The number of hydrogen-bond donors (Lipinski definition) is 2. The maximum Gasteiger partial charge on any atom is 0.409 e. The Bertz CT molecular complexity index is 405. The molecule has 0 aromatic rings. The standard InChI is InChI=1S/C17H32N4O2/c1-3-23-17(22)21-9-7-15(8-10-21)20-16(18)19-12-14-6-4-5-13(2)11-14/h13-15H,3-12H2,1-2H3,(H3,18,19,20). The molecule has 1 amide bonds. The average molecular weight is 324 g/mol. The molecule has 3 N–H and O–H groups in total. The fourth-order valence-electron chi connectivity index (χ4n) is 3.63. The van der Waals surface area contributed by atoms with E-state index in [1.54, 1.807) is 4.90 Å². The van der Waals surface area contributed by atoms with Gasteiger partial charge in [-0.25, -0.2) is 4.79 Å². The van der Waals surface area contributed by atoms with E-state index in [9.17, 15) is 4.79 Å². The minimum absolute atomic E-state index is 0.209. The second-order valence-corrected chi connectivity index (χ2v) is 6.97. The molecule has 6 heteroatoms. The third kappa shape index (κ3) is 5.92. The zero-order valence-corrected chi connectivity index (χ0v) is 14.6. The van der Waals surface area contributed by atoms with Crippen LogP contribution in [0, 0.1) is 11.8 Å². The number of rotatable bonds is 4. The Labute approximate surface area is 139 Å². The topological polar surface area (TPSA) is 80.0 Å². The molecule has 1 heterocycles. The van der Waals surface area contributed by atoms with Gasteiger partial charge in [0, 0.05) is 25.7 Å². The van der Waals surface area contributed by atoms with Crippen molar-refractivity contribution in [1.29, 1.82) is 0 Å². The van der Waals surface area contributed by atoms with Gasteiger partial charge in [-0.2, -0.15) is 0 Å². The first-order chi connectivity index (χ1) is 11.1. The summed E-state index contributed by atoms with van der Waals surface area (Å²) < 4.78 is 5.03. The zero-order chi connectivity index (χ0) is 16.7. The second kappa shape index (κ2) is 8.99. The molecule has 0 spiro atoms. The molecule has 132 valence electrons. The van der Waals surface area contributed by atoms with E-state index < -0.39 is 0 Å². The number of carbonyl (C=O) groups is 1. The molecule has 2 fully saturated rings. The molecule has 6 nitrogen and oxygen atoms in total. The fourth-order valence-corrected chi connectivity index (χ4v) is 3.63. The summed E-state index contributed by atoms with van der Waals surface area (Å²) in [6, 6.07) is 0.301. The molecule has 0 aromatic heterocycles. The van der Waals surface area contributed by atoms with E-state index in [2.05, 4.69) is 17.2 Å². The van der Waals surface area contributed by atoms with E-state index in [1.165, 1.54) is 25.7 Å². The summed E-state index contributed by atoms with van der Waals surface area (Å²) >= 11 is 0. The van der Waals surface area contributed by atoms with Gasteiger partial charge in [0.2, 0.25) is 0 Å². The Kier molecular flexibility index (Phi) is 6.99. The SMILES string of the molecule is CCOC(=O)N1CCC(NC(N)=NCC2CCCC(C)C2)CC1. The Balaban J connectivity index is 1.68. The molecule has 1 aliphatic carbocycles. The summed E-state index contributed by atoms with van der Waals surface area (Å²) in [7, 11) is 0. The normalized spacial score (nSPS) is 26.9. The summed E-state index contributed by atoms with van der Waals surface area (Å²) in [6.07, 6.45) is 6.78. The lowest BCUT2D eigenvalue weighted by Gasteiger charge is -2.32. The summed E-state index contributed by atoms with van der Waals surface area (Å²) in [5.41, 5.74) is 6.03. The molecule has 2 aliphatic rings. The fraction of sp³-hybridized carbons (Fsp3) is 0.882. The van der Waals surface area contributed by atoms with Gasteiger partial charge in [0.1, 0.15) is 0 Å². The highest BCUT2D eigenvalue weighted by molar-refractivity contribution is 5.78. The molecule has 23 heavy (non-hydrogen) atoms. The Hall–Kier alpha value is -1.46. The number of nitrogens with zero attached hydrogens (tertiary/aromatic N) is 2. The van der Waals surface area contributed by atoms with Crippen molar-refractivity contribution >= 4 is 12.1 Å². The number of guanidine groups is 1. The maximum absolute atomic E-state index is 11.7. The van der Waals surface area contributed by atoms with Crippen molar-refractivity contribution in [2.24, 2.45) is 22.6 Å². The van der Waals surface area contributed by atoms with Gasteiger partial charge in [-0.15, -0.1) is 0 Å². The van der Waals surface area contributed by atoms with Crippen LogP contribution in [0.2, 0.25) is 0 Å². The predicted molar refractivity (Wildman–Crippen MR) is 92.4 cm³/mol. The molecule has 2 atom stereocenters. The maximum atomic E-state index is 11.7. The van der Waals surface area contributed by atoms with Crippen molar-refractivity contribution in [2.45, 2.75) is 58.4 Å². The highest BCUT2D eigenvalue weighted by Crippen LogP contribution is 2.28. The van der Waals surface area contributed by atoms with Gasteiger partial charge >= 0.3 is 6.09 Å². The summed E-state index contributed by atoms with van der Waals surface area (Å²) in [5.74, 6) is 2.06. The van der Waals surface area contributed by atoms with Gasteiger partial charge in [-0.3, -0.25) is 4.99 Å². The zero-order valence-electron chi connectivity index (χ0n) is 14.6. The first-order valence-electron chi connectivity index (χ1n) is 9.06. The lowest BCUT2D eigenvalue weighted by Crippen LogP contribution is -2.48. The van der Waals surface area contributed by atoms with Gasteiger partial charge in [-0.05, 0) is 44.4 Å². The number of piperidine rings is 1. The van der Waals surface area contributed by atoms with Gasteiger partial charge in [0.05, 0.1) is 6.61 Å². The summed E-state index contributed by atoms with van der Waals surface area (Å²) in [4.78, 5) is 18.0. The van der Waals surface area contributed by atoms with Crippen molar-refractivity contribution in [3.63, 3.8) is 0 Å². The smallest absolute Gasteiger partial charge is 0.409 e. The lowest BCUT2D eigenvalue weighted by atomic mass is 9.82. The van der Waals surface area contributed by atoms with Crippen LogP contribution in [-0.2, 0) is 4.74 Å². The highest BCUT2D eigenvalue weighted by Gasteiger charge is 2.24. The number of nitrogens with one attached hydrogen (secondary N) is 1. The van der Waals surface area contributed by atoms with Crippen molar-refractivity contribution < 1.29 is 9.53 Å². The number of nitrogens with two attached hydrogens (primary N) is 1. The van der Waals surface area contributed by atoms with Crippen LogP contribution in [0.1, 0.15) is 52.4 Å². The predicted octanol–water partition coefficient (Wildman–Crippen LogP) is 2.34. The molecule has 0 bridgehead atoms. The van der Waals surface area contributed by atoms with Crippen LogP contribution in [-0.4, -0.2) is 49.2 Å². The number of ether oxygens (including phenoxy) is 1. The molecule has 1 saturated heterocycles. The van der Waals surface area contributed by atoms with E-state index in [1.807, 2.05) is 6.92 Å². The monoisotopic (exact) mass is 324 g/mol. The third-order valence-electron chi connectivity index (χ3n) is 4.94. The van der Waals surface area contributed by atoms with E-state index in [4.69, 9.17) is 10.5 Å². The minimum Gasteiger partial charge on any atom is -0.450 e. The van der Waals surface area contributed by atoms with E-state index in [-0.39, 0.29) is 6.09 Å². The first kappa shape index (κ1) is 17.9. The Morgan fingerprint density at radius 1 is 1.30 bits per heavy atom. The molecule has 0 radical (unpaired) electrons. The average Bonchev–Trinajstić information content (AvgIpc) is 2.54.